The Hall–Kier alpha value is 0.150. The molecule has 0 aromatic heterocycles. The molecule has 3 nitrogen and oxygen atoms in total. The lowest BCUT2D eigenvalue weighted by Gasteiger charge is -2.00. The first-order valence-electron chi connectivity index (χ1n) is 4.07. The van der Waals surface area contributed by atoms with Gasteiger partial charge in [-0.25, -0.2) is 0 Å². The van der Waals surface area contributed by atoms with Gasteiger partial charge in [0.2, 0.25) is 0 Å². The molecule has 68 valence electrons. The van der Waals surface area contributed by atoms with E-state index in [-0.39, 0.29) is 0 Å². The van der Waals surface area contributed by atoms with E-state index < -0.39 is 8.03 Å². The van der Waals surface area contributed by atoms with Crippen LogP contribution in [0.25, 0.3) is 0 Å². The van der Waals surface area contributed by atoms with E-state index in [4.69, 9.17) is 9.63 Å². The Labute approximate surface area is 68.6 Å². The molecule has 0 bridgehead atoms. The molecule has 1 unspecified atom stereocenters. The highest BCUT2D eigenvalue weighted by atomic mass is 31.1. The van der Waals surface area contributed by atoms with Crippen LogP contribution in [0.1, 0.15) is 26.2 Å². The molecule has 11 heavy (non-hydrogen) atoms. The van der Waals surface area contributed by atoms with Gasteiger partial charge in [-0.1, -0.05) is 6.92 Å². The van der Waals surface area contributed by atoms with E-state index in [1.165, 1.54) is 0 Å². The van der Waals surface area contributed by atoms with Gasteiger partial charge in [0, 0.05) is 19.4 Å². The van der Waals surface area contributed by atoms with Crippen LogP contribution in [0.15, 0.2) is 0 Å². The molecule has 0 aliphatic carbocycles. The fourth-order valence-electron chi connectivity index (χ4n) is 0.727. The molecule has 0 fully saturated rings. The average molecular weight is 180 g/mol. The molecule has 0 spiro atoms. The van der Waals surface area contributed by atoms with Crippen molar-refractivity contribution in [2.24, 2.45) is 0 Å². The lowest BCUT2D eigenvalue weighted by molar-refractivity contribution is 0.132. The van der Waals surface area contributed by atoms with Crippen molar-refractivity contribution in [3.8, 4) is 0 Å². The van der Waals surface area contributed by atoms with Gasteiger partial charge >= 0.3 is 0 Å². The normalized spacial score (nSPS) is 13.3. The van der Waals surface area contributed by atoms with Crippen molar-refractivity contribution in [1.82, 2.24) is 0 Å². The number of hydrogen-bond donors (Lipinski definition) is 1. The van der Waals surface area contributed by atoms with Gasteiger partial charge in [0.25, 0.3) is 0 Å². The molecule has 4 heteroatoms. The lowest BCUT2D eigenvalue weighted by Crippen LogP contribution is -1.95. The number of unbranched alkanes of at least 4 members (excludes halogenated alkanes) is 1. The summed E-state index contributed by atoms with van der Waals surface area (Å²) in [6, 6.07) is 0. The van der Waals surface area contributed by atoms with Crippen LogP contribution in [-0.2, 0) is 9.30 Å². The molecule has 0 rings (SSSR count). The van der Waals surface area contributed by atoms with E-state index >= 15 is 0 Å². The zero-order chi connectivity index (χ0) is 8.53. The Bertz CT molecular complexity index is 106. The minimum absolute atomic E-state index is 0.445. The van der Waals surface area contributed by atoms with Crippen molar-refractivity contribution in [1.29, 1.82) is 0 Å². The fraction of sp³-hybridized carbons (Fsp3) is 1.00. The Morgan fingerprint density at radius 2 is 2.09 bits per heavy atom. The molecule has 0 saturated carbocycles. The van der Waals surface area contributed by atoms with Crippen LogP contribution in [0.2, 0.25) is 0 Å². The summed E-state index contributed by atoms with van der Waals surface area (Å²) in [5, 5.41) is 0. The van der Waals surface area contributed by atoms with Crippen LogP contribution in [0, 0.1) is 0 Å². The van der Waals surface area contributed by atoms with Gasteiger partial charge in [-0.15, -0.1) is 0 Å². The molecule has 0 radical (unpaired) electrons. The van der Waals surface area contributed by atoms with Gasteiger partial charge in [-0.05, 0) is 19.3 Å². The quantitative estimate of drug-likeness (QED) is 0.478. The summed E-state index contributed by atoms with van der Waals surface area (Å²) in [5.74, 6) is 0. The standard InChI is InChI=1S/C7H17O3P/c1-2-5-10-6-3-4-7-11(8)9/h11H,2-7H2,1H3,(H,8,9). The summed E-state index contributed by atoms with van der Waals surface area (Å²) in [6.45, 7) is 3.59. The maximum atomic E-state index is 10.2. The van der Waals surface area contributed by atoms with Crippen LogP contribution in [0.4, 0.5) is 0 Å². The van der Waals surface area contributed by atoms with Crippen LogP contribution in [-0.4, -0.2) is 24.3 Å². The average Bonchev–Trinajstić information content (AvgIpc) is 1.96. The molecule has 0 amide bonds. The molecule has 0 aromatic carbocycles. The van der Waals surface area contributed by atoms with Gasteiger partial charge < -0.3 is 9.63 Å². The maximum Gasteiger partial charge on any atom is 0.189 e. The number of hydrogen-bond acceptors (Lipinski definition) is 2. The molecular formula is C7H17O3P. The second-order valence-electron chi connectivity index (χ2n) is 2.46. The van der Waals surface area contributed by atoms with Crippen LogP contribution < -0.4 is 0 Å². The van der Waals surface area contributed by atoms with Gasteiger partial charge in [0.1, 0.15) is 0 Å². The topological polar surface area (TPSA) is 46.5 Å². The molecular weight excluding hydrogens is 163 g/mol. The smallest absolute Gasteiger partial charge is 0.189 e. The van der Waals surface area contributed by atoms with Crippen molar-refractivity contribution in [3.63, 3.8) is 0 Å². The minimum Gasteiger partial charge on any atom is -0.381 e. The van der Waals surface area contributed by atoms with E-state index in [0.29, 0.717) is 6.16 Å². The largest absolute Gasteiger partial charge is 0.381 e. The Morgan fingerprint density at radius 3 is 2.64 bits per heavy atom. The predicted octanol–water partition coefficient (Wildman–Crippen LogP) is 1.66. The summed E-state index contributed by atoms with van der Waals surface area (Å²) < 4.78 is 15.4. The molecule has 0 heterocycles. The number of ether oxygens (including phenoxy) is 1. The predicted molar refractivity (Wildman–Crippen MR) is 46.4 cm³/mol. The maximum absolute atomic E-state index is 10.2. The molecule has 0 aliphatic heterocycles. The van der Waals surface area contributed by atoms with Crippen LogP contribution in [0.5, 0.6) is 0 Å². The Balaban J connectivity index is 2.85. The van der Waals surface area contributed by atoms with Crippen molar-refractivity contribution in [3.05, 3.63) is 0 Å². The molecule has 1 atom stereocenters. The monoisotopic (exact) mass is 180 g/mol. The van der Waals surface area contributed by atoms with E-state index in [2.05, 4.69) is 6.92 Å². The van der Waals surface area contributed by atoms with Crippen molar-refractivity contribution < 1.29 is 14.2 Å². The number of rotatable bonds is 7. The third-order valence-electron chi connectivity index (χ3n) is 1.28. The third-order valence-corrected chi connectivity index (χ3v) is 2.06. The van der Waals surface area contributed by atoms with Crippen LogP contribution in [0.3, 0.4) is 0 Å². The molecule has 0 aliphatic rings. The Kier molecular flexibility index (Phi) is 8.36. The van der Waals surface area contributed by atoms with Crippen molar-refractivity contribution in [2.45, 2.75) is 26.2 Å². The molecule has 0 aromatic rings. The van der Waals surface area contributed by atoms with E-state index in [1.807, 2.05) is 0 Å². The first kappa shape index (κ1) is 11.2. The molecule has 0 saturated heterocycles. The first-order valence-corrected chi connectivity index (χ1v) is 5.63. The lowest BCUT2D eigenvalue weighted by atomic mass is 10.4. The third kappa shape index (κ3) is 10.2. The zero-order valence-corrected chi connectivity index (χ0v) is 8.01. The van der Waals surface area contributed by atoms with E-state index in [1.54, 1.807) is 0 Å². The highest BCUT2D eigenvalue weighted by Gasteiger charge is 1.92. The van der Waals surface area contributed by atoms with Gasteiger partial charge in [0.05, 0.1) is 0 Å². The summed E-state index contributed by atoms with van der Waals surface area (Å²) in [4.78, 5) is 8.46. The van der Waals surface area contributed by atoms with Crippen molar-refractivity contribution >= 4 is 8.03 Å². The minimum atomic E-state index is -2.23. The zero-order valence-electron chi connectivity index (χ0n) is 7.01. The molecule has 1 N–H and O–H groups in total. The van der Waals surface area contributed by atoms with E-state index in [0.717, 1.165) is 32.5 Å². The van der Waals surface area contributed by atoms with Gasteiger partial charge in [-0.2, -0.15) is 0 Å². The summed E-state index contributed by atoms with van der Waals surface area (Å²) in [7, 11) is -2.23. The Morgan fingerprint density at radius 1 is 1.36 bits per heavy atom. The summed E-state index contributed by atoms with van der Waals surface area (Å²) >= 11 is 0. The second kappa shape index (κ2) is 8.25. The highest BCUT2D eigenvalue weighted by molar-refractivity contribution is 7.37. The van der Waals surface area contributed by atoms with Gasteiger partial charge in [0.15, 0.2) is 8.03 Å². The highest BCUT2D eigenvalue weighted by Crippen LogP contribution is 2.14. The van der Waals surface area contributed by atoms with Crippen LogP contribution >= 0.6 is 8.03 Å². The first-order chi connectivity index (χ1) is 5.27. The second-order valence-corrected chi connectivity index (χ2v) is 3.75. The van der Waals surface area contributed by atoms with Gasteiger partial charge in [-0.3, -0.25) is 4.57 Å². The SMILES string of the molecule is CCCOCCCC[PH](=O)O. The summed E-state index contributed by atoms with van der Waals surface area (Å²) in [6.07, 6.45) is 3.19. The van der Waals surface area contributed by atoms with E-state index in [9.17, 15) is 4.57 Å². The van der Waals surface area contributed by atoms with Crippen molar-refractivity contribution in [2.75, 3.05) is 19.4 Å². The fourth-order valence-corrected chi connectivity index (χ4v) is 1.28. The summed E-state index contributed by atoms with van der Waals surface area (Å²) in [5.41, 5.74) is 0.